The molecule has 0 aliphatic carbocycles. The number of hydrogen-bond donors (Lipinski definition) is 0. The maximum Gasteiger partial charge on any atom is 0.147 e. The molecular weight excluding hydrogens is 1050 g/mol. The van der Waals surface area contributed by atoms with Crippen molar-refractivity contribution in [3.63, 3.8) is 0 Å². The highest BCUT2D eigenvalue weighted by Gasteiger charge is 2.25. The molecule has 4 aromatic heterocycles. The molecule has 0 saturated heterocycles. The lowest BCUT2D eigenvalue weighted by Crippen LogP contribution is -2.09. The largest absolute Gasteiger partial charge is 0.455 e. The fraction of sp³-hybridized carbons (Fsp3) is 0. The van der Waals surface area contributed by atoms with Gasteiger partial charge in [0.15, 0.2) is 0 Å². The summed E-state index contributed by atoms with van der Waals surface area (Å²) in [5.74, 6) is 0. The molecule has 0 N–H and O–H groups in total. The fourth-order valence-electron chi connectivity index (χ4n) is 13.7. The number of nitrogens with zero attached hydrogens (tertiary/aromatic N) is 4. The van der Waals surface area contributed by atoms with Crippen molar-refractivity contribution in [2.45, 2.75) is 0 Å². The second-order valence-corrected chi connectivity index (χ2v) is 22.5. The molecular formula is C80H50N4O2. The minimum atomic E-state index is 0.802. The van der Waals surface area contributed by atoms with E-state index in [1.54, 1.807) is 0 Å². The van der Waals surface area contributed by atoms with E-state index in [9.17, 15) is 0 Å². The number of fused-ring (bicyclic) bond motifs is 14. The Morgan fingerprint density at radius 2 is 0.605 bits per heavy atom. The summed E-state index contributed by atoms with van der Waals surface area (Å²) in [7, 11) is 0. The lowest BCUT2D eigenvalue weighted by molar-refractivity contribution is 0.658. The van der Waals surface area contributed by atoms with E-state index in [1.165, 1.54) is 43.6 Å². The zero-order valence-electron chi connectivity index (χ0n) is 46.5. The molecule has 0 atom stereocenters. The standard InChI is InChI=1S/C80H50N4O2/c1-6-20-51(21-7-1)78-79-70(68-44-52-34-36-60(42-54(52)46-76(68)85-79)81(56-22-8-2-9-23-56)62-38-40-74-66(48-62)64-30-16-18-32-72(64)83(74)58-26-12-4-13-27-58)50-71-69-45-53-35-37-61(43-55(53)47-77(69)86-80(71)78)82(57-24-10-3-11-25-57)63-39-41-75-67(49-63)65-31-17-19-33-73(65)84(75)59-28-14-5-15-29-59/h1-50H. The molecule has 0 unspecified atom stereocenters. The number of anilines is 6. The van der Waals surface area contributed by atoms with Crippen molar-refractivity contribution < 1.29 is 8.83 Å². The number of rotatable bonds is 9. The van der Waals surface area contributed by atoms with E-state index < -0.39 is 0 Å². The Balaban J connectivity index is 0.767. The average molecular weight is 1100 g/mol. The molecule has 0 radical (unpaired) electrons. The third-order valence-corrected chi connectivity index (χ3v) is 17.5. The first kappa shape index (κ1) is 48.0. The van der Waals surface area contributed by atoms with Crippen LogP contribution in [-0.4, -0.2) is 9.13 Å². The highest BCUT2D eigenvalue weighted by Crippen LogP contribution is 2.48. The molecule has 0 spiro atoms. The van der Waals surface area contributed by atoms with Crippen LogP contribution in [0.25, 0.3) is 132 Å². The molecule has 0 fully saturated rings. The van der Waals surface area contributed by atoms with Gasteiger partial charge in [-0.25, -0.2) is 0 Å². The van der Waals surface area contributed by atoms with E-state index in [1.807, 2.05) is 0 Å². The summed E-state index contributed by atoms with van der Waals surface area (Å²) in [6.07, 6.45) is 0. The minimum Gasteiger partial charge on any atom is -0.455 e. The number of benzene rings is 14. The van der Waals surface area contributed by atoms with Gasteiger partial charge in [-0.15, -0.1) is 0 Å². The highest BCUT2D eigenvalue weighted by atomic mass is 16.3. The highest BCUT2D eigenvalue weighted by molar-refractivity contribution is 6.24. The first-order valence-corrected chi connectivity index (χ1v) is 29.3. The average Bonchev–Trinajstić information content (AvgIpc) is 2.17. The van der Waals surface area contributed by atoms with Gasteiger partial charge >= 0.3 is 0 Å². The maximum atomic E-state index is 7.14. The lowest BCUT2D eigenvalue weighted by Gasteiger charge is -2.26. The Morgan fingerprint density at radius 3 is 1.06 bits per heavy atom. The summed E-state index contributed by atoms with van der Waals surface area (Å²) in [5.41, 5.74) is 18.6. The zero-order chi connectivity index (χ0) is 56.4. The summed E-state index contributed by atoms with van der Waals surface area (Å²) in [4.78, 5) is 4.72. The first-order chi connectivity index (χ1) is 42.6. The molecule has 6 nitrogen and oxygen atoms in total. The van der Waals surface area contributed by atoms with Crippen LogP contribution in [0.3, 0.4) is 0 Å². The van der Waals surface area contributed by atoms with E-state index in [-0.39, 0.29) is 0 Å². The zero-order valence-corrected chi connectivity index (χ0v) is 46.5. The predicted octanol–water partition coefficient (Wildman–Crippen LogP) is 22.6. The van der Waals surface area contributed by atoms with Gasteiger partial charge in [0.1, 0.15) is 22.3 Å². The molecule has 0 bridgehead atoms. The summed E-state index contributed by atoms with van der Waals surface area (Å²) in [6, 6.07) is 109. The van der Waals surface area contributed by atoms with Gasteiger partial charge in [0.2, 0.25) is 0 Å². The smallest absolute Gasteiger partial charge is 0.147 e. The van der Waals surface area contributed by atoms with Gasteiger partial charge in [-0.2, -0.15) is 0 Å². The van der Waals surface area contributed by atoms with Crippen molar-refractivity contribution in [1.29, 1.82) is 0 Å². The van der Waals surface area contributed by atoms with E-state index in [4.69, 9.17) is 8.83 Å². The molecule has 0 aliphatic rings. The molecule has 0 amide bonds. The number of furan rings is 2. The van der Waals surface area contributed by atoms with Crippen LogP contribution in [0, 0.1) is 0 Å². The van der Waals surface area contributed by atoms with E-state index in [0.29, 0.717) is 0 Å². The molecule has 4 heterocycles. The van der Waals surface area contributed by atoms with Crippen molar-refractivity contribution in [1.82, 2.24) is 9.13 Å². The molecule has 14 aromatic carbocycles. The van der Waals surface area contributed by atoms with Crippen molar-refractivity contribution in [2.75, 3.05) is 9.80 Å². The van der Waals surface area contributed by atoms with Crippen LogP contribution in [0.15, 0.2) is 312 Å². The molecule has 6 heteroatoms. The van der Waals surface area contributed by atoms with Gasteiger partial charge in [-0.05, 0) is 179 Å². The quantitative estimate of drug-likeness (QED) is 0.144. The second kappa shape index (κ2) is 19.0. The SMILES string of the molecule is c1ccc(-c2c3oc4cc5cc(N(c6ccccc6)c6ccc7c(c6)c6ccccc6n7-c6ccccc6)ccc5cc4c3cc3c2oc2cc4cc(N(c5ccccc5)c5ccc6c(c5)c5ccccc5n6-c5ccccc5)ccc4cc23)cc1. The Kier molecular flexibility index (Phi) is 10.6. The summed E-state index contributed by atoms with van der Waals surface area (Å²) >= 11 is 0. The van der Waals surface area contributed by atoms with Crippen LogP contribution in [0.2, 0.25) is 0 Å². The van der Waals surface area contributed by atoms with Crippen LogP contribution in [-0.2, 0) is 0 Å². The van der Waals surface area contributed by atoms with Gasteiger partial charge in [-0.3, -0.25) is 0 Å². The Bertz CT molecular complexity index is 5370. The van der Waals surface area contributed by atoms with E-state index in [0.717, 1.165) is 122 Å². The van der Waals surface area contributed by atoms with Crippen molar-refractivity contribution >= 4 is 143 Å². The molecule has 0 saturated carbocycles. The number of aromatic nitrogens is 2. The van der Waals surface area contributed by atoms with Gasteiger partial charge in [0.25, 0.3) is 0 Å². The predicted molar refractivity (Wildman–Crippen MR) is 359 cm³/mol. The molecule has 402 valence electrons. The summed E-state index contributed by atoms with van der Waals surface area (Å²) < 4.78 is 19.0. The second-order valence-electron chi connectivity index (χ2n) is 22.5. The Hall–Kier alpha value is -11.6. The van der Waals surface area contributed by atoms with Crippen molar-refractivity contribution in [3.05, 3.63) is 303 Å². The summed E-state index contributed by atoms with van der Waals surface area (Å²) in [6.45, 7) is 0. The van der Waals surface area contributed by atoms with E-state index >= 15 is 0 Å². The van der Waals surface area contributed by atoms with Crippen molar-refractivity contribution in [2.24, 2.45) is 0 Å². The van der Waals surface area contributed by atoms with Gasteiger partial charge in [-0.1, -0.05) is 152 Å². The van der Waals surface area contributed by atoms with E-state index in [2.05, 4.69) is 322 Å². The molecule has 18 aromatic rings. The maximum absolute atomic E-state index is 7.14. The fourth-order valence-corrected chi connectivity index (χ4v) is 13.7. The van der Waals surface area contributed by atoms with Crippen LogP contribution >= 0.6 is 0 Å². The summed E-state index contributed by atoms with van der Waals surface area (Å²) in [5, 5.41) is 13.5. The normalized spacial score (nSPS) is 12.0. The molecule has 86 heavy (non-hydrogen) atoms. The topological polar surface area (TPSA) is 42.6 Å². The van der Waals surface area contributed by atoms with Gasteiger partial charge < -0.3 is 27.8 Å². The molecule has 18 rings (SSSR count). The van der Waals surface area contributed by atoms with Crippen LogP contribution in [0.5, 0.6) is 0 Å². The van der Waals surface area contributed by atoms with Crippen LogP contribution in [0.4, 0.5) is 34.1 Å². The minimum absolute atomic E-state index is 0.802. The Labute approximate surface area is 494 Å². The van der Waals surface area contributed by atoms with Gasteiger partial charge in [0.05, 0.1) is 27.6 Å². The number of para-hydroxylation sites is 6. The molecule has 0 aliphatic heterocycles. The van der Waals surface area contributed by atoms with Crippen molar-refractivity contribution in [3.8, 4) is 22.5 Å². The first-order valence-electron chi connectivity index (χ1n) is 29.3. The van der Waals surface area contributed by atoms with Crippen LogP contribution in [0.1, 0.15) is 0 Å². The lowest BCUT2D eigenvalue weighted by atomic mass is 9.97. The third-order valence-electron chi connectivity index (χ3n) is 17.5. The third kappa shape index (κ3) is 7.46. The van der Waals surface area contributed by atoms with Crippen LogP contribution < -0.4 is 9.80 Å². The number of hydrogen-bond acceptors (Lipinski definition) is 4. The Morgan fingerprint density at radius 1 is 0.233 bits per heavy atom. The van der Waals surface area contributed by atoms with Gasteiger partial charge in [0, 0.05) is 88.6 Å². The monoisotopic (exact) mass is 1100 g/mol.